The van der Waals surface area contributed by atoms with Gasteiger partial charge in [-0.15, -0.1) is 12.4 Å². The largest absolute Gasteiger partial charge is 0.462 e. The minimum atomic E-state index is -0.227. The molecule has 2 rings (SSSR count). The highest BCUT2D eigenvalue weighted by Crippen LogP contribution is 2.29. The normalized spacial score (nSPS) is 15.1. The minimum absolute atomic E-state index is 0. The third-order valence-electron chi connectivity index (χ3n) is 5.10. The van der Waals surface area contributed by atoms with Gasteiger partial charge >= 0.3 is 5.97 Å². The van der Waals surface area contributed by atoms with Gasteiger partial charge in [-0.25, -0.2) is 4.79 Å². The molecule has 0 spiro atoms. The topological polar surface area (TPSA) is 38.3 Å². The number of rotatable bonds is 12. The van der Waals surface area contributed by atoms with E-state index in [4.69, 9.17) is 4.74 Å². The van der Waals surface area contributed by atoms with Crippen LogP contribution in [0, 0.1) is 0 Å². The van der Waals surface area contributed by atoms with E-state index in [1.165, 1.54) is 69.8 Å². The molecule has 26 heavy (non-hydrogen) atoms. The van der Waals surface area contributed by atoms with Gasteiger partial charge in [0.15, 0.2) is 0 Å². The van der Waals surface area contributed by atoms with Crippen LogP contribution in [0.25, 0.3) is 0 Å². The van der Waals surface area contributed by atoms with E-state index in [1.807, 2.05) is 19.1 Å². The van der Waals surface area contributed by atoms with Crippen molar-refractivity contribution in [2.24, 2.45) is 0 Å². The maximum Gasteiger partial charge on any atom is 0.338 e. The number of hydrogen-bond acceptors (Lipinski definition) is 3. The molecule has 0 fully saturated rings. The fourth-order valence-electron chi connectivity index (χ4n) is 3.64. The van der Waals surface area contributed by atoms with Crippen LogP contribution in [0.15, 0.2) is 18.2 Å². The van der Waals surface area contributed by atoms with E-state index in [2.05, 4.69) is 18.3 Å². The molecule has 0 amide bonds. The highest BCUT2D eigenvalue weighted by Gasteiger charge is 2.21. The number of ether oxygens (including phenoxy) is 1. The summed E-state index contributed by atoms with van der Waals surface area (Å²) < 4.78 is 5.08. The third-order valence-corrected chi connectivity index (χ3v) is 5.10. The predicted octanol–water partition coefficient (Wildman–Crippen LogP) is 6.54. The number of fused-ring (bicyclic) bond motifs is 1. The van der Waals surface area contributed by atoms with Crippen molar-refractivity contribution in [2.45, 2.75) is 90.5 Å². The molecule has 1 aliphatic rings. The molecule has 0 bridgehead atoms. The summed E-state index contributed by atoms with van der Waals surface area (Å²) in [4.78, 5) is 11.8. The van der Waals surface area contributed by atoms with E-state index in [0.29, 0.717) is 18.2 Å². The molecular weight excluding hydrogens is 346 g/mol. The zero-order valence-electron chi connectivity index (χ0n) is 16.5. The van der Waals surface area contributed by atoms with Crippen LogP contribution in [0.4, 0.5) is 5.69 Å². The molecule has 4 heteroatoms. The second-order valence-electron chi connectivity index (χ2n) is 7.25. The van der Waals surface area contributed by atoms with Gasteiger partial charge in [-0.05, 0) is 37.5 Å². The molecule has 1 N–H and O–H groups in total. The molecular formula is C22H36ClNO2. The van der Waals surface area contributed by atoms with Gasteiger partial charge in [0.2, 0.25) is 0 Å². The quantitative estimate of drug-likeness (QED) is 0.330. The van der Waals surface area contributed by atoms with Gasteiger partial charge in [0.1, 0.15) is 0 Å². The monoisotopic (exact) mass is 381 g/mol. The Bertz CT molecular complexity index is 533. The van der Waals surface area contributed by atoms with Crippen molar-refractivity contribution < 1.29 is 9.53 Å². The van der Waals surface area contributed by atoms with Crippen LogP contribution in [0.1, 0.15) is 94.0 Å². The maximum atomic E-state index is 11.8. The molecule has 0 radical (unpaired) electrons. The molecule has 0 aliphatic carbocycles. The molecule has 0 saturated heterocycles. The number of unbranched alkanes of at least 4 members (excludes halogenated alkanes) is 8. The Kier molecular flexibility index (Phi) is 11.4. The fourth-order valence-corrected chi connectivity index (χ4v) is 3.64. The van der Waals surface area contributed by atoms with E-state index in [0.717, 1.165) is 12.1 Å². The molecule has 1 aliphatic heterocycles. The van der Waals surface area contributed by atoms with Gasteiger partial charge in [0.25, 0.3) is 0 Å². The lowest BCUT2D eigenvalue weighted by Gasteiger charge is -2.11. The van der Waals surface area contributed by atoms with Gasteiger partial charge in [-0.3, -0.25) is 0 Å². The molecule has 0 saturated carbocycles. The van der Waals surface area contributed by atoms with E-state index in [9.17, 15) is 4.79 Å². The summed E-state index contributed by atoms with van der Waals surface area (Å²) in [5.74, 6) is -0.227. The molecule has 1 aromatic rings. The summed E-state index contributed by atoms with van der Waals surface area (Å²) in [5.41, 5.74) is 3.09. The Morgan fingerprint density at radius 3 is 2.35 bits per heavy atom. The number of nitrogens with one attached hydrogen (secondary N) is 1. The lowest BCUT2D eigenvalue weighted by atomic mass is 10.0. The first kappa shape index (κ1) is 22.8. The highest BCUT2D eigenvalue weighted by molar-refractivity contribution is 5.91. The molecule has 1 aromatic carbocycles. The summed E-state index contributed by atoms with van der Waals surface area (Å²) >= 11 is 0. The molecule has 1 heterocycles. The minimum Gasteiger partial charge on any atom is -0.462 e. The van der Waals surface area contributed by atoms with Crippen LogP contribution in [-0.4, -0.2) is 18.6 Å². The van der Waals surface area contributed by atoms with Crippen molar-refractivity contribution in [1.29, 1.82) is 0 Å². The predicted molar refractivity (Wildman–Crippen MR) is 113 cm³/mol. The molecule has 148 valence electrons. The van der Waals surface area contributed by atoms with Crippen molar-refractivity contribution in [1.82, 2.24) is 0 Å². The van der Waals surface area contributed by atoms with Gasteiger partial charge < -0.3 is 10.1 Å². The number of carbonyl (C=O) groups is 1. The van der Waals surface area contributed by atoms with Crippen LogP contribution < -0.4 is 5.32 Å². The van der Waals surface area contributed by atoms with Gasteiger partial charge in [-0.2, -0.15) is 0 Å². The van der Waals surface area contributed by atoms with Gasteiger partial charge in [0, 0.05) is 11.7 Å². The number of benzene rings is 1. The van der Waals surface area contributed by atoms with Gasteiger partial charge in [-0.1, -0.05) is 70.8 Å². The summed E-state index contributed by atoms with van der Waals surface area (Å²) in [7, 11) is 0. The number of hydrogen-bond donors (Lipinski definition) is 1. The average Bonchev–Trinajstić information content (AvgIpc) is 3.02. The summed E-state index contributed by atoms with van der Waals surface area (Å²) in [6, 6.07) is 6.44. The Hall–Kier alpha value is -1.22. The smallest absolute Gasteiger partial charge is 0.338 e. The molecule has 0 aromatic heterocycles. The molecule has 1 unspecified atom stereocenters. The highest BCUT2D eigenvalue weighted by atomic mass is 35.5. The Balaban J connectivity index is 0.00000338. The lowest BCUT2D eigenvalue weighted by molar-refractivity contribution is 0.0526. The van der Waals surface area contributed by atoms with Crippen molar-refractivity contribution >= 4 is 24.1 Å². The number of halogens is 1. The Morgan fingerprint density at radius 2 is 1.69 bits per heavy atom. The summed E-state index contributed by atoms with van der Waals surface area (Å²) in [6.45, 7) is 4.53. The van der Waals surface area contributed by atoms with Crippen molar-refractivity contribution in [3.63, 3.8) is 0 Å². The zero-order chi connectivity index (χ0) is 17.9. The van der Waals surface area contributed by atoms with E-state index in [1.54, 1.807) is 0 Å². The SMILES string of the molecule is CCCCCCCCCCCC1Cc2ccc(C(=O)OCC)cc2N1.Cl. The van der Waals surface area contributed by atoms with Crippen LogP contribution in [0.2, 0.25) is 0 Å². The fraction of sp³-hybridized carbons (Fsp3) is 0.682. The number of anilines is 1. The van der Waals surface area contributed by atoms with Crippen molar-refractivity contribution in [3.8, 4) is 0 Å². The van der Waals surface area contributed by atoms with Gasteiger partial charge in [0.05, 0.1) is 12.2 Å². The standard InChI is InChI=1S/C22H35NO2.ClH/c1-3-5-6-7-8-9-10-11-12-13-20-16-18-14-15-19(17-21(18)23-20)22(24)25-4-2;/h14-15,17,20,23H,3-13,16H2,1-2H3;1H. The van der Waals surface area contributed by atoms with Crippen LogP contribution in [-0.2, 0) is 11.2 Å². The number of carbonyl (C=O) groups excluding carboxylic acids is 1. The third kappa shape index (κ3) is 7.57. The average molecular weight is 382 g/mol. The summed E-state index contributed by atoms with van der Waals surface area (Å²) in [6.07, 6.45) is 14.7. The Morgan fingerprint density at radius 1 is 1.04 bits per heavy atom. The second-order valence-corrected chi connectivity index (χ2v) is 7.25. The van der Waals surface area contributed by atoms with Crippen molar-refractivity contribution in [2.75, 3.05) is 11.9 Å². The summed E-state index contributed by atoms with van der Waals surface area (Å²) in [5, 5.41) is 3.59. The Labute approximate surface area is 165 Å². The molecule has 3 nitrogen and oxygen atoms in total. The van der Waals surface area contributed by atoms with E-state index >= 15 is 0 Å². The maximum absolute atomic E-state index is 11.8. The molecule has 1 atom stereocenters. The van der Waals surface area contributed by atoms with Crippen LogP contribution in [0.5, 0.6) is 0 Å². The number of esters is 1. The zero-order valence-corrected chi connectivity index (χ0v) is 17.3. The first-order chi connectivity index (χ1) is 12.2. The first-order valence-corrected chi connectivity index (χ1v) is 10.3. The lowest BCUT2D eigenvalue weighted by Crippen LogP contribution is -2.14. The second kappa shape index (κ2) is 13.0. The van der Waals surface area contributed by atoms with E-state index < -0.39 is 0 Å². The van der Waals surface area contributed by atoms with E-state index in [-0.39, 0.29) is 18.4 Å². The first-order valence-electron chi connectivity index (χ1n) is 10.3. The van der Waals surface area contributed by atoms with Crippen LogP contribution in [0.3, 0.4) is 0 Å². The van der Waals surface area contributed by atoms with Crippen molar-refractivity contribution in [3.05, 3.63) is 29.3 Å². The van der Waals surface area contributed by atoms with Crippen LogP contribution >= 0.6 is 12.4 Å².